The summed E-state index contributed by atoms with van der Waals surface area (Å²) in [6.45, 7) is -0.676. The number of fused-ring (bicyclic) bond motifs is 1. The number of nitrogens with one attached hydrogen (secondary N) is 3. The zero-order valence-corrected chi connectivity index (χ0v) is 17.3. The lowest BCUT2D eigenvalue weighted by Gasteiger charge is -2.11. The number of hydrogen-bond donors (Lipinski definition) is 3. The fourth-order valence-corrected chi connectivity index (χ4v) is 3.74. The number of amides is 1. The number of nitrogens with zero attached hydrogens (tertiary/aromatic N) is 4. The Morgan fingerprint density at radius 1 is 1.22 bits per heavy atom. The highest BCUT2D eigenvalue weighted by Gasteiger charge is 2.29. The van der Waals surface area contributed by atoms with Crippen LogP contribution in [-0.2, 0) is 7.05 Å². The molecule has 0 unspecified atom stereocenters. The molecule has 1 aliphatic carbocycles. The predicted octanol–water partition coefficient (Wildman–Crippen LogP) is 3.97. The van der Waals surface area contributed by atoms with E-state index in [1.165, 1.54) is 5.56 Å². The number of rotatable bonds is 7. The molecule has 8 nitrogen and oxygen atoms in total. The van der Waals surface area contributed by atoms with Crippen LogP contribution >= 0.6 is 0 Å². The molecule has 164 valence electrons. The zero-order chi connectivity index (χ0) is 22.2. The number of halogens is 2. The Kier molecular flexibility index (Phi) is 5.04. The third kappa shape index (κ3) is 3.91. The lowest BCUT2D eigenvalue weighted by molar-refractivity contribution is 0.0891. The first-order valence-electron chi connectivity index (χ1n) is 10.3. The van der Waals surface area contributed by atoms with E-state index < -0.39 is 18.9 Å². The highest BCUT2D eigenvalue weighted by atomic mass is 19.3. The minimum absolute atomic E-state index is 0.297. The summed E-state index contributed by atoms with van der Waals surface area (Å²) in [5, 5.41) is 18.4. The maximum absolute atomic E-state index is 12.3. The third-order valence-electron chi connectivity index (χ3n) is 5.48. The van der Waals surface area contributed by atoms with Crippen LogP contribution in [0.15, 0.2) is 42.6 Å². The molecule has 10 heteroatoms. The van der Waals surface area contributed by atoms with Gasteiger partial charge in [-0.2, -0.15) is 10.1 Å². The number of aromatic nitrogens is 5. The maximum atomic E-state index is 12.3. The molecular formula is C22H21F2N7O. The van der Waals surface area contributed by atoms with E-state index in [1.54, 1.807) is 36.0 Å². The van der Waals surface area contributed by atoms with Crippen LogP contribution in [0.25, 0.3) is 22.3 Å². The summed E-state index contributed by atoms with van der Waals surface area (Å²) in [6.07, 6.45) is 1.58. The van der Waals surface area contributed by atoms with Crippen molar-refractivity contribution in [3.63, 3.8) is 0 Å². The van der Waals surface area contributed by atoms with Gasteiger partial charge in [-0.05, 0) is 48.6 Å². The van der Waals surface area contributed by atoms with Gasteiger partial charge in [-0.3, -0.25) is 9.89 Å². The maximum Gasteiger partial charge on any atom is 0.255 e. The number of carbonyl (C=O) groups excluding carboxylic acids is 1. The van der Waals surface area contributed by atoms with E-state index in [0.717, 1.165) is 29.4 Å². The largest absolute Gasteiger partial charge is 0.346 e. The average molecular weight is 437 g/mol. The van der Waals surface area contributed by atoms with Gasteiger partial charge in [-0.25, -0.2) is 13.5 Å². The lowest BCUT2D eigenvalue weighted by Crippen LogP contribution is -2.28. The highest BCUT2D eigenvalue weighted by Crippen LogP contribution is 2.47. The van der Waals surface area contributed by atoms with Crippen molar-refractivity contribution in [2.75, 3.05) is 11.9 Å². The lowest BCUT2D eigenvalue weighted by atomic mass is 10.0. The second kappa shape index (κ2) is 8.03. The first-order valence-corrected chi connectivity index (χ1v) is 10.3. The molecule has 0 radical (unpaired) electrons. The molecule has 5 rings (SSSR count). The van der Waals surface area contributed by atoms with E-state index >= 15 is 0 Å². The van der Waals surface area contributed by atoms with Crippen molar-refractivity contribution in [3.05, 3.63) is 53.7 Å². The van der Waals surface area contributed by atoms with Crippen LogP contribution < -0.4 is 10.6 Å². The molecule has 2 heterocycles. The molecule has 0 aliphatic heterocycles. The first-order chi connectivity index (χ1) is 15.5. The van der Waals surface area contributed by atoms with Gasteiger partial charge in [0.05, 0.1) is 18.3 Å². The summed E-state index contributed by atoms with van der Waals surface area (Å²) in [6, 6.07) is 10.5. The number of H-pyrrole nitrogens is 1. The normalized spacial score (nSPS) is 13.6. The van der Waals surface area contributed by atoms with E-state index in [9.17, 15) is 13.6 Å². The van der Waals surface area contributed by atoms with E-state index in [4.69, 9.17) is 0 Å². The average Bonchev–Trinajstić information content (AvgIpc) is 3.39. The van der Waals surface area contributed by atoms with Gasteiger partial charge in [0.15, 0.2) is 5.82 Å². The molecule has 0 spiro atoms. The molecule has 0 saturated heterocycles. The van der Waals surface area contributed by atoms with Gasteiger partial charge in [0.2, 0.25) is 5.95 Å². The Hall–Kier alpha value is -3.82. The Bertz CT molecular complexity index is 1280. The second-order valence-corrected chi connectivity index (χ2v) is 7.82. The van der Waals surface area contributed by atoms with Crippen molar-refractivity contribution in [2.24, 2.45) is 7.05 Å². The van der Waals surface area contributed by atoms with Crippen molar-refractivity contribution >= 4 is 28.4 Å². The van der Waals surface area contributed by atoms with Crippen LogP contribution in [-0.4, -0.2) is 43.8 Å². The summed E-state index contributed by atoms with van der Waals surface area (Å²) in [7, 11) is 1.80. The predicted molar refractivity (Wildman–Crippen MR) is 116 cm³/mol. The first kappa shape index (κ1) is 20.1. The molecule has 2 aromatic heterocycles. The smallest absolute Gasteiger partial charge is 0.255 e. The van der Waals surface area contributed by atoms with Crippen LogP contribution in [0, 0.1) is 0 Å². The van der Waals surface area contributed by atoms with Gasteiger partial charge in [0.25, 0.3) is 12.3 Å². The molecule has 0 bridgehead atoms. The number of aromatic amines is 1. The van der Waals surface area contributed by atoms with Gasteiger partial charge in [0.1, 0.15) is 0 Å². The van der Waals surface area contributed by atoms with Gasteiger partial charge in [-0.1, -0.05) is 12.1 Å². The van der Waals surface area contributed by atoms with Crippen molar-refractivity contribution < 1.29 is 13.6 Å². The van der Waals surface area contributed by atoms with E-state index in [-0.39, 0.29) is 0 Å². The number of hydrogen-bond acceptors (Lipinski definition) is 5. The topological polar surface area (TPSA) is 101 Å². The van der Waals surface area contributed by atoms with E-state index in [2.05, 4.69) is 30.9 Å². The Morgan fingerprint density at radius 3 is 2.72 bits per heavy atom. The molecule has 4 aromatic rings. The van der Waals surface area contributed by atoms with Crippen molar-refractivity contribution in [3.8, 4) is 11.4 Å². The molecule has 32 heavy (non-hydrogen) atoms. The van der Waals surface area contributed by atoms with Gasteiger partial charge in [0, 0.05) is 29.2 Å². The monoisotopic (exact) mass is 437 g/mol. The molecule has 3 N–H and O–H groups in total. The summed E-state index contributed by atoms with van der Waals surface area (Å²) in [5.41, 5.74) is 4.24. The number of carbonyl (C=O) groups is 1. The van der Waals surface area contributed by atoms with Crippen molar-refractivity contribution in [2.45, 2.75) is 25.2 Å². The molecule has 1 aliphatic rings. The van der Waals surface area contributed by atoms with Crippen LogP contribution in [0.5, 0.6) is 0 Å². The number of alkyl halides is 2. The second-order valence-electron chi connectivity index (χ2n) is 7.82. The molecule has 1 fully saturated rings. The number of anilines is 2. The summed E-state index contributed by atoms with van der Waals surface area (Å²) >= 11 is 0. The van der Waals surface area contributed by atoms with Crippen molar-refractivity contribution in [1.29, 1.82) is 0 Å². The van der Waals surface area contributed by atoms with Crippen molar-refractivity contribution in [1.82, 2.24) is 30.3 Å². The fourth-order valence-electron chi connectivity index (χ4n) is 3.74. The molecule has 1 saturated carbocycles. The standard InChI is InChI=1S/C22H21F2N7O/c1-31-22(27-17-9-8-16-15(10-26-29-16)19(17)12-2-3-12)28-20(30-31)13-4-6-14(7-5-13)21(32)25-11-18(23)24/h4-10,12,18H,2-3,11H2,1H3,(H,25,32)(H,26,29)(H,27,28,30). The van der Waals surface area contributed by atoms with E-state index in [0.29, 0.717) is 28.8 Å². The SMILES string of the molecule is Cn1nc(-c2ccc(C(=O)NCC(F)F)cc2)nc1Nc1ccc2[nH]ncc2c1C1CC1. The minimum atomic E-state index is -2.59. The van der Waals surface area contributed by atoms with Crippen LogP contribution in [0.4, 0.5) is 20.4 Å². The van der Waals surface area contributed by atoms with Gasteiger partial charge in [-0.15, -0.1) is 5.10 Å². The fraction of sp³-hybridized carbons (Fsp3) is 0.273. The minimum Gasteiger partial charge on any atom is -0.346 e. The van der Waals surface area contributed by atoms with Crippen LogP contribution in [0.3, 0.4) is 0 Å². The third-order valence-corrected chi connectivity index (χ3v) is 5.48. The van der Waals surface area contributed by atoms with Crippen LogP contribution in [0.1, 0.15) is 34.7 Å². The quantitative estimate of drug-likeness (QED) is 0.406. The molecular weight excluding hydrogens is 416 g/mol. The highest BCUT2D eigenvalue weighted by molar-refractivity contribution is 5.94. The Morgan fingerprint density at radius 2 is 2.00 bits per heavy atom. The van der Waals surface area contributed by atoms with E-state index in [1.807, 2.05) is 18.3 Å². The Balaban J connectivity index is 1.38. The van der Waals surface area contributed by atoms with Crippen LogP contribution in [0.2, 0.25) is 0 Å². The molecule has 2 aromatic carbocycles. The Labute approximate surface area is 182 Å². The van der Waals surface area contributed by atoms with Gasteiger partial charge >= 0.3 is 0 Å². The summed E-state index contributed by atoms with van der Waals surface area (Å²) in [5.74, 6) is 1.04. The van der Waals surface area contributed by atoms with Gasteiger partial charge < -0.3 is 10.6 Å². The number of benzene rings is 2. The zero-order valence-electron chi connectivity index (χ0n) is 17.3. The molecule has 1 amide bonds. The molecule has 0 atom stereocenters. The summed E-state index contributed by atoms with van der Waals surface area (Å²) in [4.78, 5) is 16.5. The summed E-state index contributed by atoms with van der Waals surface area (Å²) < 4.78 is 26.2. The number of aryl methyl sites for hydroxylation is 1.